The van der Waals surface area contributed by atoms with Crippen molar-refractivity contribution in [2.75, 3.05) is 6.54 Å². The first kappa shape index (κ1) is 13.1. The number of aromatic amines is 1. The molecule has 0 radical (unpaired) electrons. The summed E-state index contributed by atoms with van der Waals surface area (Å²) in [6.45, 7) is 0.596. The van der Waals surface area contributed by atoms with Gasteiger partial charge in [0.15, 0.2) is 0 Å². The quantitative estimate of drug-likeness (QED) is 0.734. The second-order valence-electron chi connectivity index (χ2n) is 4.33. The summed E-state index contributed by atoms with van der Waals surface area (Å²) in [4.78, 5) is 18.6. The first-order chi connectivity index (χ1) is 9.24. The largest absolute Gasteiger partial charge is 0.508 e. The zero-order chi connectivity index (χ0) is 13.5. The Bertz CT molecular complexity index is 506. The number of phenolic OH excluding ortho intramolecular Hbond substituents is 1. The molecule has 1 aromatic carbocycles. The number of hydrogen-bond acceptors (Lipinski definition) is 3. The molecule has 0 unspecified atom stereocenters. The van der Waals surface area contributed by atoms with Gasteiger partial charge in [0, 0.05) is 25.6 Å². The van der Waals surface area contributed by atoms with Gasteiger partial charge in [0.1, 0.15) is 5.75 Å². The highest BCUT2D eigenvalue weighted by Gasteiger charge is 2.02. The van der Waals surface area contributed by atoms with E-state index >= 15 is 0 Å². The summed E-state index contributed by atoms with van der Waals surface area (Å²) < 4.78 is 0. The van der Waals surface area contributed by atoms with E-state index in [0.29, 0.717) is 19.4 Å². The Morgan fingerprint density at radius 3 is 2.74 bits per heavy atom. The van der Waals surface area contributed by atoms with Gasteiger partial charge in [-0.15, -0.1) is 0 Å². The lowest BCUT2D eigenvalue weighted by atomic mass is 10.1. The number of aryl methyl sites for hydroxylation is 1. The van der Waals surface area contributed by atoms with Crippen LogP contribution in [0.15, 0.2) is 36.8 Å². The minimum Gasteiger partial charge on any atom is -0.508 e. The van der Waals surface area contributed by atoms with Crippen LogP contribution in [0.5, 0.6) is 5.75 Å². The maximum atomic E-state index is 11.6. The molecule has 1 amide bonds. The molecule has 3 N–H and O–H groups in total. The number of H-pyrrole nitrogens is 1. The Kier molecular flexibility index (Phi) is 4.55. The topological polar surface area (TPSA) is 78.0 Å². The van der Waals surface area contributed by atoms with E-state index in [4.69, 9.17) is 5.11 Å². The van der Waals surface area contributed by atoms with Gasteiger partial charge in [0.25, 0.3) is 0 Å². The Hall–Kier alpha value is -2.30. The van der Waals surface area contributed by atoms with Gasteiger partial charge in [0.05, 0.1) is 12.0 Å². The van der Waals surface area contributed by atoms with Gasteiger partial charge in [-0.25, -0.2) is 4.98 Å². The average Bonchev–Trinajstić information content (AvgIpc) is 2.91. The van der Waals surface area contributed by atoms with Gasteiger partial charge in [0.2, 0.25) is 5.91 Å². The molecule has 1 heterocycles. The standard InChI is InChI=1S/C14H17N3O2/c18-13-4-1-11(2-5-13)3-6-14(19)16-8-7-12-9-15-10-17-12/h1-2,4-5,9-10,18H,3,6-8H2,(H,15,17)(H,16,19). The molecule has 19 heavy (non-hydrogen) atoms. The maximum Gasteiger partial charge on any atom is 0.220 e. The second-order valence-corrected chi connectivity index (χ2v) is 4.33. The summed E-state index contributed by atoms with van der Waals surface area (Å²) in [6.07, 6.45) is 5.30. The number of benzene rings is 1. The van der Waals surface area contributed by atoms with Crippen molar-refractivity contribution >= 4 is 5.91 Å². The molecule has 2 aromatic rings. The summed E-state index contributed by atoms with van der Waals surface area (Å²) in [5.74, 6) is 0.274. The van der Waals surface area contributed by atoms with Gasteiger partial charge in [-0.1, -0.05) is 12.1 Å². The highest BCUT2D eigenvalue weighted by atomic mass is 16.3. The summed E-state index contributed by atoms with van der Waals surface area (Å²) in [5, 5.41) is 12.0. The van der Waals surface area contributed by atoms with Crippen molar-refractivity contribution < 1.29 is 9.90 Å². The average molecular weight is 259 g/mol. The normalized spacial score (nSPS) is 10.3. The van der Waals surface area contributed by atoms with E-state index in [1.807, 2.05) is 18.3 Å². The lowest BCUT2D eigenvalue weighted by Crippen LogP contribution is -2.25. The maximum absolute atomic E-state index is 11.6. The number of amides is 1. The minimum absolute atomic E-state index is 0.0311. The van der Waals surface area contributed by atoms with Gasteiger partial charge in [-0.2, -0.15) is 0 Å². The Balaban J connectivity index is 1.65. The number of phenols is 1. The number of nitrogens with zero attached hydrogens (tertiary/aromatic N) is 1. The lowest BCUT2D eigenvalue weighted by molar-refractivity contribution is -0.121. The minimum atomic E-state index is 0.0311. The molecular weight excluding hydrogens is 242 g/mol. The molecule has 100 valence electrons. The molecule has 0 aliphatic heterocycles. The van der Waals surface area contributed by atoms with Crippen molar-refractivity contribution in [2.45, 2.75) is 19.3 Å². The van der Waals surface area contributed by atoms with Crippen molar-refractivity contribution in [1.29, 1.82) is 0 Å². The number of imidazole rings is 1. The molecule has 0 aliphatic carbocycles. The van der Waals surface area contributed by atoms with Crippen LogP contribution in [0.2, 0.25) is 0 Å². The fourth-order valence-corrected chi connectivity index (χ4v) is 1.77. The summed E-state index contributed by atoms with van der Waals surface area (Å²) >= 11 is 0. The Morgan fingerprint density at radius 1 is 1.26 bits per heavy atom. The van der Waals surface area contributed by atoms with Gasteiger partial charge >= 0.3 is 0 Å². The number of aromatic nitrogens is 2. The van der Waals surface area contributed by atoms with E-state index in [2.05, 4.69) is 15.3 Å². The number of carbonyl (C=O) groups excluding carboxylic acids is 1. The van der Waals surface area contributed by atoms with E-state index < -0.39 is 0 Å². The fourth-order valence-electron chi connectivity index (χ4n) is 1.77. The van der Waals surface area contributed by atoms with E-state index in [0.717, 1.165) is 17.7 Å². The van der Waals surface area contributed by atoms with Crippen LogP contribution in [0, 0.1) is 0 Å². The highest BCUT2D eigenvalue weighted by Crippen LogP contribution is 2.10. The van der Waals surface area contributed by atoms with Crippen LogP contribution in [0.1, 0.15) is 17.7 Å². The lowest BCUT2D eigenvalue weighted by Gasteiger charge is -2.04. The molecule has 0 spiro atoms. The van der Waals surface area contributed by atoms with Crippen LogP contribution in [0.25, 0.3) is 0 Å². The summed E-state index contributed by atoms with van der Waals surface area (Å²) in [7, 11) is 0. The first-order valence-corrected chi connectivity index (χ1v) is 6.26. The van der Waals surface area contributed by atoms with Crippen LogP contribution >= 0.6 is 0 Å². The van der Waals surface area contributed by atoms with Crippen molar-refractivity contribution in [2.24, 2.45) is 0 Å². The van der Waals surface area contributed by atoms with Crippen molar-refractivity contribution in [3.05, 3.63) is 48.0 Å². The number of nitrogens with one attached hydrogen (secondary N) is 2. The van der Waals surface area contributed by atoms with Crippen molar-refractivity contribution in [3.8, 4) is 5.75 Å². The number of rotatable bonds is 6. The molecule has 1 aromatic heterocycles. The summed E-state index contributed by atoms with van der Waals surface area (Å²) in [5.41, 5.74) is 1.99. The van der Waals surface area contributed by atoms with Gasteiger partial charge in [-0.05, 0) is 24.1 Å². The predicted molar refractivity (Wildman–Crippen MR) is 71.7 cm³/mol. The summed E-state index contributed by atoms with van der Waals surface area (Å²) in [6, 6.07) is 6.91. The highest BCUT2D eigenvalue weighted by molar-refractivity contribution is 5.76. The molecule has 0 fully saturated rings. The zero-order valence-electron chi connectivity index (χ0n) is 10.6. The third kappa shape index (κ3) is 4.46. The monoisotopic (exact) mass is 259 g/mol. The van der Waals surface area contributed by atoms with Crippen LogP contribution < -0.4 is 5.32 Å². The molecule has 5 heteroatoms. The molecule has 5 nitrogen and oxygen atoms in total. The second kappa shape index (κ2) is 6.58. The zero-order valence-corrected chi connectivity index (χ0v) is 10.6. The van der Waals surface area contributed by atoms with Crippen LogP contribution in [-0.4, -0.2) is 27.5 Å². The van der Waals surface area contributed by atoms with E-state index in [1.54, 1.807) is 18.5 Å². The molecule has 0 aliphatic rings. The van der Waals surface area contributed by atoms with Crippen LogP contribution in [0.3, 0.4) is 0 Å². The van der Waals surface area contributed by atoms with Crippen LogP contribution in [-0.2, 0) is 17.6 Å². The van der Waals surface area contributed by atoms with Crippen LogP contribution in [0.4, 0.5) is 0 Å². The third-order valence-electron chi connectivity index (χ3n) is 2.84. The molecule has 0 atom stereocenters. The molecule has 2 rings (SSSR count). The van der Waals surface area contributed by atoms with E-state index in [1.165, 1.54) is 0 Å². The Labute approximate surface area is 111 Å². The van der Waals surface area contributed by atoms with E-state index in [9.17, 15) is 4.79 Å². The van der Waals surface area contributed by atoms with Crippen molar-refractivity contribution in [3.63, 3.8) is 0 Å². The molecule has 0 bridgehead atoms. The van der Waals surface area contributed by atoms with Gasteiger partial charge in [-0.3, -0.25) is 4.79 Å². The Morgan fingerprint density at radius 2 is 2.05 bits per heavy atom. The fraction of sp³-hybridized carbons (Fsp3) is 0.286. The number of hydrogen-bond donors (Lipinski definition) is 3. The first-order valence-electron chi connectivity index (χ1n) is 6.26. The smallest absolute Gasteiger partial charge is 0.220 e. The van der Waals surface area contributed by atoms with Gasteiger partial charge < -0.3 is 15.4 Å². The number of aromatic hydroxyl groups is 1. The molecule has 0 saturated heterocycles. The SMILES string of the molecule is O=C(CCc1ccc(O)cc1)NCCc1c[nH]cn1. The molecular formula is C14H17N3O2. The van der Waals surface area contributed by atoms with Crippen molar-refractivity contribution in [1.82, 2.24) is 15.3 Å². The molecule has 0 saturated carbocycles. The van der Waals surface area contributed by atoms with E-state index in [-0.39, 0.29) is 11.7 Å². The third-order valence-corrected chi connectivity index (χ3v) is 2.84. The predicted octanol–water partition coefficient (Wildman–Crippen LogP) is 1.41. The number of carbonyl (C=O) groups is 1.